The lowest BCUT2D eigenvalue weighted by atomic mass is 10.0. The lowest BCUT2D eigenvalue weighted by Crippen LogP contribution is -2.10. The van der Waals surface area contributed by atoms with E-state index in [9.17, 15) is 9.18 Å². The molecule has 17 heavy (non-hydrogen) atoms. The first-order chi connectivity index (χ1) is 7.91. The van der Waals surface area contributed by atoms with Crippen molar-refractivity contribution in [3.63, 3.8) is 0 Å². The Labute approximate surface area is 102 Å². The van der Waals surface area contributed by atoms with Gasteiger partial charge in [0.25, 0.3) is 0 Å². The molecule has 1 rings (SSSR count). The molecular formula is C14H19FO2. The van der Waals surface area contributed by atoms with Crippen LogP contribution >= 0.6 is 0 Å². The number of halogens is 1. The van der Waals surface area contributed by atoms with E-state index in [-0.39, 0.29) is 23.2 Å². The maximum Gasteiger partial charge on any atom is 0.338 e. The highest BCUT2D eigenvalue weighted by atomic mass is 19.1. The first kappa shape index (κ1) is 13.7. The minimum atomic E-state index is -0.465. The molecule has 3 heteroatoms. The van der Waals surface area contributed by atoms with Gasteiger partial charge in [-0.05, 0) is 29.5 Å². The van der Waals surface area contributed by atoms with Crippen LogP contribution in [0.2, 0.25) is 0 Å². The fourth-order valence-corrected chi connectivity index (χ4v) is 1.45. The Morgan fingerprint density at radius 1 is 1.29 bits per heavy atom. The molecule has 0 N–H and O–H groups in total. The molecule has 2 nitrogen and oxygen atoms in total. The molecule has 0 radical (unpaired) electrons. The molecule has 0 spiro atoms. The van der Waals surface area contributed by atoms with Crippen LogP contribution in [0.1, 0.15) is 49.5 Å². The largest absolute Gasteiger partial charge is 0.462 e. The van der Waals surface area contributed by atoms with Gasteiger partial charge in [0, 0.05) is 0 Å². The molecule has 0 atom stereocenters. The summed E-state index contributed by atoms with van der Waals surface area (Å²) in [4.78, 5) is 11.6. The predicted molar refractivity (Wildman–Crippen MR) is 65.6 cm³/mol. The second-order valence-corrected chi connectivity index (χ2v) is 4.88. The van der Waals surface area contributed by atoms with Crippen LogP contribution in [0.4, 0.5) is 4.39 Å². The zero-order valence-electron chi connectivity index (χ0n) is 10.8. The number of ether oxygens (including phenoxy) is 1. The van der Waals surface area contributed by atoms with Gasteiger partial charge in [0.2, 0.25) is 0 Å². The highest BCUT2D eigenvalue weighted by Gasteiger charge is 2.12. The SMILES string of the molecule is CC(C)COC(=O)c1ccc(C(C)C)c(F)c1. The van der Waals surface area contributed by atoms with Gasteiger partial charge >= 0.3 is 5.97 Å². The predicted octanol–water partition coefficient (Wildman–Crippen LogP) is 3.76. The zero-order valence-corrected chi connectivity index (χ0v) is 10.8. The van der Waals surface area contributed by atoms with Crippen molar-refractivity contribution in [1.29, 1.82) is 0 Å². The van der Waals surface area contributed by atoms with E-state index in [2.05, 4.69) is 0 Å². The fourth-order valence-electron chi connectivity index (χ4n) is 1.45. The normalized spacial score (nSPS) is 11.0. The van der Waals surface area contributed by atoms with Crippen molar-refractivity contribution in [3.05, 3.63) is 35.1 Å². The van der Waals surface area contributed by atoms with Crippen molar-refractivity contribution in [3.8, 4) is 0 Å². The molecule has 0 unspecified atom stereocenters. The maximum absolute atomic E-state index is 13.7. The molecule has 0 saturated heterocycles. The van der Waals surface area contributed by atoms with Gasteiger partial charge in [-0.25, -0.2) is 9.18 Å². The Hall–Kier alpha value is -1.38. The average molecular weight is 238 g/mol. The molecule has 0 saturated carbocycles. The second-order valence-electron chi connectivity index (χ2n) is 4.88. The van der Waals surface area contributed by atoms with Gasteiger partial charge in [0.1, 0.15) is 5.82 Å². The molecule has 0 aromatic heterocycles. The number of hydrogen-bond acceptors (Lipinski definition) is 2. The minimum Gasteiger partial charge on any atom is -0.462 e. The first-order valence-electron chi connectivity index (χ1n) is 5.88. The summed E-state index contributed by atoms with van der Waals surface area (Å²) in [6.45, 7) is 8.09. The number of carbonyl (C=O) groups excluding carboxylic acids is 1. The zero-order chi connectivity index (χ0) is 13.0. The van der Waals surface area contributed by atoms with Crippen molar-refractivity contribution in [2.24, 2.45) is 5.92 Å². The van der Waals surface area contributed by atoms with E-state index in [1.54, 1.807) is 12.1 Å². The third-order valence-electron chi connectivity index (χ3n) is 2.41. The van der Waals surface area contributed by atoms with Crippen LogP contribution in [0.25, 0.3) is 0 Å². The number of esters is 1. The Morgan fingerprint density at radius 2 is 1.94 bits per heavy atom. The van der Waals surface area contributed by atoms with E-state index in [4.69, 9.17) is 4.74 Å². The van der Waals surface area contributed by atoms with Crippen molar-refractivity contribution in [1.82, 2.24) is 0 Å². The summed E-state index contributed by atoms with van der Waals surface area (Å²) in [5.74, 6) is -0.429. The van der Waals surface area contributed by atoms with Gasteiger partial charge in [0.05, 0.1) is 12.2 Å². The summed E-state index contributed by atoms with van der Waals surface area (Å²) in [7, 11) is 0. The third-order valence-corrected chi connectivity index (χ3v) is 2.41. The number of rotatable bonds is 4. The average Bonchev–Trinajstić information content (AvgIpc) is 2.25. The van der Waals surface area contributed by atoms with E-state index < -0.39 is 5.97 Å². The molecular weight excluding hydrogens is 219 g/mol. The second kappa shape index (κ2) is 5.80. The molecule has 0 aliphatic heterocycles. The summed E-state index contributed by atoms with van der Waals surface area (Å²) < 4.78 is 18.7. The van der Waals surface area contributed by atoms with Gasteiger partial charge in [0.15, 0.2) is 0 Å². The van der Waals surface area contributed by atoms with E-state index >= 15 is 0 Å². The molecule has 0 aliphatic rings. The van der Waals surface area contributed by atoms with Crippen LogP contribution in [0.5, 0.6) is 0 Å². The molecule has 94 valence electrons. The van der Waals surface area contributed by atoms with Gasteiger partial charge in [-0.3, -0.25) is 0 Å². The summed E-state index contributed by atoms with van der Waals surface area (Å²) in [6.07, 6.45) is 0. The van der Waals surface area contributed by atoms with E-state index in [0.717, 1.165) is 0 Å². The van der Waals surface area contributed by atoms with Gasteiger partial charge in [-0.2, -0.15) is 0 Å². The Balaban J connectivity index is 2.79. The van der Waals surface area contributed by atoms with Crippen LogP contribution in [0.15, 0.2) is 18.2 Å². The monoisotopic (exact) mass is 238 g/mol. The lowest BCUT2D eigenvalue weighted by Gasteiger charge is -2.10. The minimum absolute atomic E-state index is 0.107. The van der Waals surface area contributed by atoms with Crippen LogP contribution in [-0.4, -0.2) is 12.6 Å². The van der Waals surface area contributed by atoms with Crippen molar-refractivity contribution in [2.45, 2.75) is 33.6 Å². The third kappa shape index (κ3) is 3.84. The Kier molecular flexibility index (Phi) is 4.67. The van der Waals surface area contributed by atoms with Crippen LogP contribution in [-0.2, 0) is 4.74 Å². The molecule has 0 bridgehead atoms. The van der Waals surface area contributed by atoms with Gasteiger partial charge in [-0.15, -0.1) is 0 Å². The molecule has 0 fully saturated rings. The first-order valence-corrected chi connectivity index (χ1v) is 5.88. The highest BCUT2D eigenvalue weighted by molar-refractivity contribution is 5.89. The van der Waals surface area contributed by atoms with E-state index in [0.29, 0.717) is 12.2 Å². The van der Waals surface area contributed by atoms with Gasteiger partial charge < -0.3 is 4.74 Å². The summed E-state index contributed by atoms with van der Waals surface area (Å²) in [5, 5.41) is 0. The summed E-state index contributed by atoms with van der Waals surface area (Å²) in [5.41, 5.74) is 0.887. The molecule has 0 heterocycles. The smallest absolute Gasteiger partial charge is 0.338 e. The topological polar surface area (TPSA) is 26.3 Å². The standard InChI is InChI=1S/C14H19FO2/c1-9(2)8-17-14(16)11-5-6-12(10(3)4)13(15)7-11/h5-7,9-10H,8H2,1-4H3. The van der Waals surface area contributed by atoms with E-state index in [1.807, 2.05) is 27.7 Å². The van der Waals surface area contributed by atoms with Crippen LogP contribution < -0.4 is 0 Å². The molecule has 1 aromatic carbocycles. The summed E-state index contributed by atoms with van der Waals surface area (Å²) in [6, 6.07) is 4.50. The van der Waals surface area contributed by atoms with Crippen LogP contribution in [0, 0.1) is 11.7 Å². The van der Waals surface area contributed by atoms with Gasteiger partial charge in [-0.1, -0.05) is 33.8 Å². The number of benzene rings is 1. The molecule has 1 aromatic rings. The number of carbonyl (C=O) groups is 1. The lowest BCUT2D eigenvalue weighted by molar-refractivity contribution is 0.0458. The fraction of sp³-hybridized carbons (Fsp3) is 0.500. The highest BCUT2D eigenvalue weighted by Crippen LogP contribution is 2.19. The molecule has 0 amide bonds. The quantitative estimate of drug-likeness (QED) is 0.746. The summed E-state index contributed by atoms with van der Waals surface area (Å²) >= 11 is 0. The van der Waals surface area contributed by atoms with E-state index in [1.165, 1.54) is 6.07 Å². The van der Waals surface area contributed by atoms with Crippen molar-refractivity contribution >= 4 is 5.97 Å². The van der Waals surface area contributed by atoms with Crippen LogP contribution in [0.3, 0.4) is 0 Å². The van der Waals surface area contributed by atoms with Crippen molar-refractivity contribution < 1.29 is 13.9 Å². The Morgan fingerprint density at radius 3 is 2.41 bits per heavy atom. The number of hydrogen-bond donors (Lipinski definition) is 0. The maximum atomic E-state index is 13.7. The van der Waals surface area contributed by atoms with Crippen molar-refractivity contribution in [2.75, 3.05) is 6.61 Å². The molecule has 0 aliphatic carbocycles. The Bertz CT molecular complexity index is 397.